The zero-order valence-corrected chi connectivity index (χ0v) is 32.6. The summed E-state index contributed by atoms with van der Waals surface area (Å²) < 4.78 is 8.07. The molecule has 0 spiro atoms. The first-order chi connectivity index (χ1) is 25.8. The number of nitrogens with zero attached hydrogens (tertiary/aromatic N) is 13. The van der Waals surface area contributed by atoms with Gasteiger partial charge in [0.15, 0.2) is 22.9 Å². The molecule has 2 aromatic carbocycles. The molecule has 0 unspecified atom stereocenters. The second kappa shape index (κ2) is 14.4. The number of hydrogen-bond acceptors (Lipinski definition) is 12. The highest BCUT2D eigenvalue weighted by Crippen LogP contribution is 2.31. The van der Waals surface area contributed by atoms with Crippen LogP contribution < -0.4 is 10.2 Å². The van der Waals surface area contributed by atoms with Gasteiger partial charge in [-0.15, -0.1) is 10.2 Å². The average molecular weight is 861 g/mol. The van der Waals surface area contributed by atoms with Crippen molar-refractivity contribution in [1.82, 2.24) is 58.7 Å². The van der Waals surface area contributed by atoms with Crippen molar-refractivity contribution in [3.05, 3.63) is 70.1 Å². The normalized spacial score (nSPS) is 12.6. The van der Waals surface area contributed by atoms with Crippen LogP contribution in [-0.2, 0) is 23.7 Å². The third-order valence-corrected chi connectivity index (χ3v) is 9.83. The number of anilines is 2. The molecule has 8 aromatic rings. The Balaban J connectivity index is 0.000000167. The molecule has 0 saturated heterocycles. The molecule has 0 amide bonds. The maximum Gasteiger partial charge on any atom is 0.326 e. The minimum Gasteiger partial charge on any atom is -0.480 e. The van der Waals surface area contributed by atoms with Crippen LogP contribution in [0.4, 0.5) is 11.9 Å². The lowest BCUT2D eigenvalue weighted by molar-refractivity contribution is -0.138. The van der Waals surface area contributed by atoms with Gasteiger partial charge in [-0.25, -0.2) is 24.7 Å². The van der Waals surface area contributed by atoms with Crippen LogP contribution in [0.3, 0.4) is 0 Å². The summed E-state index contributed by atoms with van der Waals surface area (Å²) in [6.45, 7) is 5.51. The standard InChI is InChI=1S/C18H18BrN7O2.C16H14BrN7O2/c1-4-25(10(2)17(27)28)18-21-14-12(6-5-7-13(14)19)16-22-15(23-26(16)18)11-8-20-24(3)9-11;1-8(15(25)26)19-16-20-12-10(4-3-5-11(12)17)14-21-13(22-24(14)16)9-6-18-23(2)7-9/h5-10H,4H2,1-3H3,(H,27,28);3-8H,1-2H3,(H,19,20)(H,25,26)/t10-;8-/m11/s1. The molecule has 0 bridgehead atoms. The van der Waals surface area contributed by atoms with Crippen LogP contribution in [0.1, 0.15) is 20.8 Å². The van der Waals surface area contributed by atoms with Crippen molar-refractivity contribution in [2.75, 3.05) is 16.8 Å². The van der Waals surface area contributed by atoms with E-state index in [9.17, 15) is 19.8 Å². The molecule has 8 rings (SSSR count). The summed E-state index contributed by atoms with van der Waals surface area (Å²) >= 11 is 7.03. The number of aromatic nitrogens is 12. The fourth-order valence-electron chi connectivity index (χ4n) is 5.75. The number of fused-ring (bicyclic) bond motifs is 6. The third kappa shape index (κ3) is 6.68. The van der Waals surface area contributed by atoms with Gasteiger partial charge in [0.05, 0.1) is 34.6 Å². The molecule has 0 aliphatic heterocycles. The Morgan fingerprint density at radius 3 is 1.78 bits per heavy atom. The molecule has 3 N–H and O–H groups in total. The molecule has 6 heterocycles. The van der Waals surface area contributed by atoms with Crippen molar-refractivity contribution in [3.8, 4) is 22.8 Å². The maximum atomic E-state index is 11.6. The summed E-state index contributed by atoms with van der Waals surface area (Å²) in [5.41, 5.74) is 4.09. The van der Waals surface area contributed by atoms with Crippen molar-refractivity contribution >= 4 is 88.8 Å². The summed E-state index contributed by atoms with van der Waals surface area (Å²) in [6.07, 6.45) is 7.01. The van der Waals surface area contributed by atoms with Crippen molar-refractivity contribution < 1.29 is 19.8 Å². The zero-order valence-electron chi connectivity index (χ0n) is 29.4. The Bertz CT molecular complexity index is 2720. The molecule has 0 aliphatic rings. The molecule has 0 radical (unpaired) electrons. The van der Waals surface area contributed by atoms with Crippen molar-refractivity contribution in [2.45, 2.75) is 32.9 Å². The van der Waals surface area contributed by atoms with Crippen LogP contribution in [0.15, 0.2) is 70.1 Å². The largest absolute Gasteiger partial charge is 0.480 e. The Hall–Kier alpha value is -6.02. The molecule has 2 atom stereocenters. The fraction of sp³-hybridized carbons (Fsp3) is 0.235. The SMILES string of the molecule is CCN(c1nc2c(Br)cccc2c2nc(-c3cnn(C)c3)nn12)[C@H](C)C(=O)O.C[C@@H](Nc1nc2c(Br)cccc2c2nc(-c3cnn(C)c3)nn12)C(=O)O. The second-order valence-corrected chi connectivity index (χ2v) is 14.0. The van der Waals surface area contributed by atoms with E-state index >= 15 is 0 Å². The van der Waals surface area contributed by atoms with E-state index < -0.39 is 24.0 Å². The van der Waals surface area contributed by atoms with Gasteiger partial charge in [-0.2, -0.15) is 19.2 Å². The molecule has 18 nitrogen and oxygen atoms in total. The van der Waals surface area contributed by atoms with E-state index in [-0.39, 0.29) is 0 Å². The van der Waals surface area contributed by atoms with E-state index in [1.165, 1.54) is 4.52 Å². The van der Waals surface area contributed by atoms with E-state index in [0.717, 1.165) is 30.8 Å². The highest BCUT2D eigenvalue weighted by atomic mass is 79.9. The molecular weight excluding hydrogens is 828 g/mol. The third-order valence-electron chi connectivity index (χ3n) is 8.55. The summed E-state index contributed by atoms with van der Waals surface area (Å²) in [7, 11) is 3.64. The van der Waals surface area contributed by atoms with Crippen LogP contribution >= 0.6 is 31.9 Å². The van der Waals surface area contributed by atoms with E-state index in [2.05, 4.69) is 67.5 Å². The number of likely N-dealkylation sites (N-methyl/N-ethyl adjacent to an activating group) is 1. The van der Waals surface area contributed by atoms with E-state index in [1.54, 1.807) is 45.0 Å². The molecule has 276 valence electrons. The number of carbonyl (C=O) groups is 2. The fourth-order valence-corrected chi connectivity index (χ4v) is 6.66. The Morgan fingerprint density at radius 2 is 1.30 bits per heavy atom. The lowest BCUT2D eigenvalue weighted by Crippen LogP contribution is -2.40. The van der Waals surface area contributed by atoms with Crippen LogP contribution in [0.25, 0.3) is 55.9 Å². The smallest absolute Gasteiger partial charge is 0.326 e. The minimum absolute atomic E-state index is 0.303. The monoisotopic (exact) mass is 858 g/mol. The van der Waals surface area contributed by atoms with E-state index in [0.29, 0.717) is 52.4 Å². The number of para-hydroxylation sites is 2. The van der Waals surface area contributed by atoms with Crippen molar-refractivity contribution in [2.24, 2.45) is 14.1 Å². The molecule has 54 heavy (non-hydrogen) atoms. The Morgan fingerprint density at radius 1 is 0.778 bits per heavy atom. The van der Waals surface area contributed by atoms with Gasteiger partial charge in [0.1, 0.15) is 12.1 Å². The highest BCUT2D eigenvalue weighted by molar-refractivity contribution is 9.11. The van der Waals surface area contributed by atoms with E-state index in [1.807, 2.05) is 69.8 Å². The number of rotatable bonds is 9. The van der Waals surface area contributed by atoms with Crippen LogP contribution in [0.2, 0.25) is 0 Å². The van der Waals surface area contributed by atoms with Crippen LogP contribution in [0.5, 0.6) is 0 Å². The van der Waals surface area contributed by atoms with Gasteiger partial charge in [0.2, 0.25) is 11.9 Å². The lowest BCUT2D eigenvalue weighted by atomic mass is 10.2. The average Bonchev–Trinajstić information content (AvgIpc) is 3.96. The van der Waals surface area contributed by atoms with Gasteiger partial charge in [0.25, 0.3) is 0 Å². The number of aliphatic carboxylic acids is 2. The van der Waals surface area contributed by atoms with Crippen molar-refractivity contribution in [1.29, 1.82) is 0 Å². The number of aryl methyl sites for hydroxylation is 2. The molecule has 0 aliphatic carbocycles. The second-order valence-electron chi connectivity index (χ2n) is 12.3. The minimum atomic E-state index is -0.986. The van der Waals surface area contributed by atoms with Gasteiger partial charge >= 0.3 is 11.9 Å². The highest BCUT2D eigenvalue weighted by Gasteiger charge is 2.26. The summed E-state index contributed by atoms with van der Waals surface area (Å²) in [4.78, 5) is 43.2. The first-order valence-electron chi connectivity index (χ1n) is 16.5. The van der Waals surface area contributed by atoms with Gasteiger partial charge < -0.3 is 20.4 Å². The van der Waals surface area contributed by atoms with Crippen LogP contribution in [0, 0.1) is 0 Å². The topological polar surface area (TPSA) is 212 Å². The number of carboxylic acid groups (broad SMARTS) is 2. The predicted octanol–water partition coefficient (Wildman–Crippen LogP) is 5.07. The number of nitrogens with one attached hydrogen (secondary N) is 1. The lowest BCUT2D eigenvalue weighted by Gasteiger charge is -2.26. The first-order valence-corrected chi connectivity index (χ1v) is 18.1. The van der Waals surface area contributed by atoms with Crippen molar-refractivity contribution in [3.63, 3.8) is 0 Å². The number of carboxylic acids is 2. The molecular formula is C34H32Br2N14O4. The molecule has 6 aromatic heterocycles. The summed E-state index contributed by atoms with van der Waals surface area (Å²) in [6, 6.07) is 9.77. The Labute approximate surface area is 322 Å². The Kier molecular flexibility index (Phi) is 9.71. The molecule has 20 heteroatoms. The summed E-state index contributed by atoms with van der Waals surface area (Å²) in [5.74, 6) is -0.205. The zero-order chi connectivity index (χ0) is 38.4. The van der Waals surface area contributed by atoms with Gasteiger partial charge in [-0.05, 0) is 76.9 Å². The predicted molar refractivity (Wildman–Crippen MR) is 207 cm³/mol. The number of halogens is 2. The molecule has 0 saturated carbocycles. The van der Waals surface area contributed by atoms with Gasteiger partial charge in [0, 0.05) is 52.8 Å². The number of hydrogen-bond donors (Lipinski definition) is 3. The van der Waals surface area contributed by atoms with E-state index in [4.69, 9.17) is 9.97 Å². The quantitative estimate of drug-likeness (QED) is 0.173. The van der Waals surface area contributed by atoms with Crippen LogP contribution in [-0.4, -0.2) is 99.5 Å². The molecule has 0 fully saturated rings. The van der Waals surface area contributed by atoms with Gasteiger partial charge in [-0.3, -0.25) is 14.2 Å². The maximum absolute atomic E-state index is 11.6. The summed E-state index contributed by atoms with van der Waals surface area (Å²) in [5, 5.41) is 40.7. The number of benzene rings is 2. The first kappa shape index (κ1) is 36.3. The van der Waals surface area contributed by atoms with Gasteiger partial charge in [-0.1, -0.05) is 12.1 Å².